The molecule has 2 aliphatic rings. The zero-order valence-corrected chi connectivity index (χ0v) is 16.1. The van der Waals surface area contributed by atoms with E-state index in [4.69, 9.17) is 11.6 Å². The number of benzene rings is 1. The second-order valence-electron chi connectivity index (χ2n) is 7.37. The molecule has 7 heteroatoms. The number of nitrogens with zero attached hydrogens (tertiary/aromatic N) is 3. The van der Waals surface area contributed by atoms with Gasteiger partial charge in [0.05, 0.1) is 22.9 Å². The molecule has 1 saturated carbocycles. The van der Waals surface area contributed by atoms with Crippen LogP contribution in [0.4, 0.5) is 0 Å². The largest absolute Gasteiger partial charge is 0.353 e. The van der Waals surface area contributed by atoms with Gasteiger partial charge >= 0.3 is 0 Å². The van der Waals surface area contributed by atoms with Gasteiger partial charge in [-0.15, -0.1) is 0 Å². The maximum Gasteiger partial charge on any atom is 0.258 e. The Labute approximate surface area is 163 Å². The third-order valence-corrected chi connectivity index (χ3v) is 5.57. The molecule has 1 saturated heterocycles. The average molecular weight is 387 g/mol. The van der Waals surface area contributed by atoms with Crippen LogP contribution >= 0.6 is 11.6 Å². The predicted molar refractivity (Wildman–Crippen MR) is 103 cm³/mol. The van der Waals surface area contributed by atoms with E-state index in [-0.39, 0.29) is 17.7 Å². The molecule has 1 N–H and O–H groups in total. The lowest BCUT2D eigenvalue weighted by molar-refractivity contribution is -0.126. The number of carbonyl (C=O) groups excluding carboxylic acids is 2. The minimum atomic E-state index is -0.149. The van der Waals surface area contributed by atoms with E-state index in [1.54, 1.807) is 16.5 Å². The first-order chi connectivity index (χ1) is 13.0. The van der Waals surface area contributed by atoms with Crippen molar-refractivity contribution in [2.75, 3.05) is 13.1 Å². The monoisotopic (exact) mass is 386 g/mol. The summed E-state index contributed by atoms with van der Waals surface area (Å²) in [5.74, 6) is -0.229. The third kappa shape index (κ3) is 3.72. The van der Waals surface area contributed by atoms with Gasteiger partial charge in [0.25, 0.3) is 5.91 Å². The lowest BCUT2D eigenvalue weighted by atomic mass is 9.96. The summed E-state index contributed by atoms with van der Waals surface area (Å²) in [7, 11) is 0. The molecule has 6 nitrogen and oxygen atoms in total. The first kappa shape index (κ1) is 18.0. The highest BCUT2D eigenvalue weighted by atomic mass is 35.5. The third-order valence-electron chi connectivity index (χ3n) is 5.22. The molecule has 2 amide bonds. The number of para-hydroxylation sites is 1. The van der Waals surface area contributed by atoms with Gasteiger partial charge in [-0.3, -0.25) is 9.59 Å². The van der Waals surface area contributed by atoms with Gasteiger partial charge in [-0.1, -0.05) is 29.8 Å². The smallest absolute Gasteiger partial charge is 0.258 e. The number of hydrogen-bond donors (Lipinski definition) is 1. The second kappa shape index (κ2) is 7.35. The molecular weight excluding hydrogens is 364 g/mol. The average Bonchev–Trinajstić information content (AvgIpc) is 3.45. The van der Waals surface area contributed by atoms with Crippen molar-refractivity contribution in [3.8, 4) is 5.69 Å². The van der Waals surface area contributed by atoms with Gasteiger partial charge in [-0.05, 0) is 44.7 Å². The SMILES string of the molecule is Cc1nn(-c2ccccc2)c(Cl)c1C(=O)N1CCC[C@@H](C(=O)NC2CC2)C1. The molecule has 4 rings (SSSR count). The molecule has 1 aromatic carbocycles. The Morgan fingerprint density at radius 1 is 1.19 bits per heavy atom. The van der Waals surface area contributed by atoms with Gasteiger partial charge in [-0.25, -0.2) is 4.68 Å². The number of amides is 2. The van der Waals surface area contributed by atoms with Gasteiger partial charge in [0.1, 0.15) is 5.15 Å². The Balaban J connectivity index is 1.53. The highest BCUT2D eigenvalue weighted by Crippen LogP contribution is 2.27. The number of aryl methyl sites for hydroxylation is 1. The van der Waals surface area contributed by atoms with E-state index in [1.807, 2.05) is 30.3 Å². The van der Waals surface area contributed by atoms with E-state index in [0.717, 1.165) is 31.4 Å². The fourth-order valence-corrected chi connectivity index (χ4v) is 3.92. The summed E-state index contributed by atoms with van der Waals surface area (Å²) in [6, 6.07) is 9.84. The van der Waals surface area contributed by atoms with Crippen LogP contribution in [0.15, 0.2) is 30.3 Å². The van der Waals surface area contributed by atoms with Crippen LogP contribution in [0.5, 0.6) is 0 Å². The minimum Gasteiger partial charge on any atom is -0.353 e. The lowest BCUT2D eigenvalue weighted by Gasteiger charge is -2.32. The molecule has 1 aromatic heterocycles. The van der Waals surface area contributed by atoms with Crippen LogP contribution in [0.3, 0.4) is 0 Å². The molecule has 0 bridgehead atoms. The summed E-state index contributed by atoms with van der Waals surface area (Å²) in [4.78, 5) is 27.3. The van der Waals surface area contributed by atoms with E-state index >= 15 is 0 Å². The Hall–Kier alpha value is -2.34. The second-order valence-corrected chi connectivity index (χ2v) is 7.73. The number of rotatable bonds is 4. The van der Waals surface area contributed by atoms with Crippen LogP contribution in [0.25, 0.3) is 5.69 Å². The standard InChI is InChI=1S/C20H23ClN4O2/c1-13-17(18(21)25(23-13)16-7-3-2-4-8-16)20(27)24-11-5-6-14(12-24)19(26)22-15-9-10-15/h2-4,7-8,14-15H,5-6,9-12H2,1H3,(H,22,26)/t14-/m1/s1. The number of piperidine rings is 1. The number of nitrogens with one attached hydrogen (secondary N) is 1. The van der Waals surface area contributed by atoms with Crippen molar-refractivity contribution in [3.05, 3.63) is 46.7 Å². The number of carbonyl (C=O) groups is 2. The van der Waals surface area contributed by atoms with Crippen molar-refractivity contribution in [1.82, 2.24) is 20.0 Å². The topological polar surface area (TPSA) is 67.2 Å². The van der Waals surface area contributed by atoms with Crippen LogP contribution in [-0.4, -0.2) is 45.6 Å². The molecule has 2 heterocycles. The highest BCUT2D eigenvalue weighted by Gasteiger charge is 2.34. The van der Waals surface area contributed by atoms with Crippen molar-refractivity contribution >= 4 is 23.4 Å². The van der Waals surface area contributed by atoms with Gasteiger partial charge in [0.15, 0.2) is 0 Å². The summed E-state index contributed by atoms with van der Waals surface area (Å²) in [5.41, 5.74) is 1.83. The lowest BCUT2D eigenvalue weighted by Crippen LogP contribution is -2.46. The summed E-state index contributed by atoms with van der Waals surface area (Å²) < 4.78 is 1.59. The molecule has 27 heavy (non-hydrogen) atoms. The molecule has 1 aliphatic carbocycles. The molecular formula is C20H23ClN4O2. The maximum atomic E-state index is 13.1. The molecule has 0 spiro atoms. The molecule has 0 radical (unpaired) electrons. The molecule has 2 fully saturated rings. The van der Waals surface area contributed by atoms with Crippen LogP contribution in [-0.2, 0) is 4.79 Å². The van der Waals surface area contributed by atoms with Crippen molar-refractivity contribution in [3.63, 3.8) is 0 Å². The van der Waals surface area contributed by atoms with Gasteiger partial charge < -0.3 is 10.2 Å². The van der Waals surface area contributed by atoms with Crippen molar-refractivity contribution in [2.45, 2.75) is 38.6 Å². The van der Waals surface area contributed by atoms with Gasteiger partial charge in [-0.2, -0.15) is 5.10 Å². The Morgan fingerprint density at radius 3 is 2.63 bits per heavy atom. The maximum absolute atomic E-state index is 13.1. The van der Waals surface area contributed by atoms with E-state index < -0.39 is 0 Å². The van der Waals surface area contributed by atoms with E-state index in [2.05, 4.69) is 10.4 Å². The van der Waals surface area contributed by atoms with Crippen molar-refractivity contribution in [1.29, 1.82) is 0 Å². The number of halogens is 1. The summed E-state index contributed by atoms with van der Waals surface area (Å²) >= 11 is 6.53. The minimum absolute atomic E-state index is 0.0674. The van der Waals surface area contributed by atoms with E-state index in [0.29, 0.717) is 35.5 Å². The number of hydrogen-bond acceptors (Lipinski definition) is 3. The van der Waals surface area contributed by atoms with Gasteiger partial charge in [0.2, 0.25) is 5.91 Å². The zero-order valence-electron chi connectivity index (χ0n) is 15.3. The quantitative estimate of drug-likeness (QED) is 0.878. The van der Waals surface area contributed by atoms with E-state index in [9.17, 15) is 9.59 Å². The van der Waals surface area contributed by atoms with Crippen LogP contribution in [0, 0.1) is 12.8 Å². The summed E-state index contributed by atoms with van der Waals surface area (Å²) in [6.45, 7) is 2.86. The molecule has 1 aliphatic heterocycles. The molecule has 142 valence electrons. The fourth-order valence-electron chi connectivity index (χ4n) is 3.56. The van der Waals surface area contributed by atoms with Crippen LogP contribution in [0.2, 0.25) is 5.15 Å². The molecule has 1 atom stereocenters. The first-order valence-corrected chi connectivity index (χ1v) is 9.82. The van der Waals surface area contributed by atoms with Crippen LogP contribution in [0.1, 0.15) is 41.7 Å². The normalized spacial score (nSPS) is 19.8. The zero-order chi connectivity index (χ0) is 19.0. The molecule has 0 unspecified atom stereocenters. The summed E-state index contributed by atoms with van der Waals surface area (Å²) in [5, 5.41) is 7.82. The van der Waals surface area contributed by atoms with Crippen molar-refractivity contribution < 1.29 is 9.59 Å². The Kier molecular flexibility index (Phi) is 4.91. The number of likely N-dealkylation sites (tertiary alicyclic amines) is 1. The Morgan fingerprint density at radius 2 is 1.93 bits per heavy atom. The summed E-state index contributed by atoms with van der Waals surface area (Å²) in [6.07, 6.45) is 3.76. The highest BCUT2D eigenvalue weighted by molar-refractivity contribution is 6.33. The van der Waals surface area contributed by atoms with Crippen LogP contribution < -0.4 is 5.32 Å². The Bertz CT molecular complexity index is 860. The van der Waals surface area contributed by atoms with E-state index in [1.165, 1.54) is 0 Å². The number of aromatic nitrogens is 2. The van der Waals surface area contributed by atoms with Crippen molar-refractivity contribution in [2.24, 2.45) is 5.92 Å². The predicted octanol–water partition coefficient (Wildman–Crippen LogP) is 2.96. The first-order valence-electron chi connectivity index (χ1n) is 9.45. The fraction of sp³-hybridized carbons (Fsp3) is 0.450. The molecule has 2 aromatic rings. The van der Waals surface area contributed by atoms with Gasteiger partial charge in [0, 0.05) is 19.1 Å².